The van der Waals surface area contributed by atoms with Crippen molar-refractivity contribution in [1.29, 1.82) is 0 Å². The van der Waals surface area contributed by atoms with Crippen molar-refractivity contribution in [3.63, 3.8) is 0 Å². The van der Waals surface area contributed by atoms with Gasteiger partial charge in [0.05, 0.1) is 17.9 Å². The first-order valence-electron chi connectivity index (χ1n) is 7.82. The number of furan rings is 1. The Balaban J connectivity index is 1.77. The summed E-state index contributed by atoms with van der Waals surface area (Å²) in [5.41, 5.74) is 1.94. The van der Waals surface area contributed by atoms with Gasteiger partial charge in [-0.2, -0.15) is 0 Å². The van der Waals surface area contributed by atoms with Crippen LogP contribution in [0.15, 0.2) is 41.0 Å². The Hall–Kier alpha value is -2.60. The molecule has 1 saturated heterocycles. The first-order valence-corrected chi connectivity index (χ1v) is 7.82. The van der Waals surface area contributed by atoms with Gasteiger partial charge in [-0.3, -0.25) is 9.59 Å². The van der Waals surface area contributed by atoms with Crippen LogP contribution in [-0.2, 0) is 16.0 Å². The zero-order chi connectivity index (χ0) is 17.1. The number of carbonyl (C=O) groups excluding carboxylic acids is 1. The molecule has 1 aliphatic rings. The number of carbonyl (C=O) groups is 2. The van der Waals surface area contributed by atoms with Gasteiger partial charge in [-0.05, 0) is 18.9 Å². The Kier molecular flexibility index (Phi) is 4.66. The van der Waals surface area contributed by atoms with Crippen molar-refractivity contribution >= 4 is 11.9 Å². The lowest BCUT2D eigenvalue weighted by atomic mass is 10.0. The summed E-state index contributed by atoms with van der Waals surface area (Å²) in [6.07, 6.45) is 1.59. The zero-order valence-corrected chi connectivity index (χ0v) is 13.3. The van der Waals surface area contributed by atoms with Crippen LogP contribution in [0.1, 0.15) is 39.8 Å². The number of amides is 1. The summed E-state index contributed by atoms with van der Waals surface area (Å²) in [6.45, 7) is 2.29. The van der Waals surface area contributed by atoms with Gasteiger partial charge in [0, 0.05) is 12.2 Å². The fourth-order valence-electron chi connectivity index (χ4n) is 3.02. The van der Waals surface area contributed by atoms with E-state index >= 15 is 0 Å². The van der Waals surface area contributed by atoms with Crippen molar-refractivity contribution in [1.82, 2.24) is 5.32 Å². The lowest BCUT2D eigenvalue weighted by Gasteiger charge is -2.20. The van der Waals surface area contributed by atoms with Gasteiger partial charge >= 0.3 is 5.97 Å². The molecule has 1 aromatic carbocycles. The molecule has 0 radical (unpaired) electrons. The highest BCUT2D eigenvalue weighted by Crippen LogP contribution is 2.29. The van der Waals surface area contributed by atoms with Gasteiger partial charge in [-0.1, -0.05) is 30.3 Å². The molecule has 2 heterocycles. The molecule has 3 rings (SSSR count). The Bertz CT molecular complexity index is 737. The molecule has 0 aliphatic carbocycles. The van der Waals surface area contributed by atoms with E-state index in [9.17, 15) is 9.59 Å². The quantitative estimate of drug-likeness (QED) is 0.880. The molecule has 1 aromatic heterocycles. The molecule has 0 bridgehead atoms. The van der Waals surface area contributed by atoms with Crippen molar-refractivity contribution in [3.8, 4) is 0 Å². The molecule has 2 unspecified atom stereocenters. The first kappa shape index (κ1) is 16.3. The number of rotatable bonds is 5. The summed E-state index contributed by atoms with van der Waals surface area (Å²) < 4.78 is 11.0. The summed E-state index contributed by atoms with van der Waals surface area (Å²) in [5.74, 6) is -1.19. The molecular weight excluding hydrogens is 310 g/mol. The van der Waals surface area contributed by atoms with Crippen LogP contribution in [-0.4, -0.2) is 29.6 Å². The van der Waals surface area contributed by atoms with E-state index in [1.54, 1.807) is 6.92 Å². The van der Waals surface area contributed by atoms with Gasteiger partial charge in [0.25, 0.3) is 5.91 Å². The molecular formula is C18H19NO5. The first-order chi connectivity index (χ1) is 11.6. The second-order valence-corrected chi connectivity index (χ2v) is 5.86. The molecule has 1 fully saturated rings. The average Bonchev–Trinajstić information content (AvgIpc) is 3.14. The van der Waals surface area contributed by atoms with Crippen molar-refractivity contribution in [2.45, 2.75) is 31.9 Å². The predicted octanol–water partition coefficient (Wildman–Crippen LogP) is 2.48. The molecule has 2 atom stereocenters. The smallest absolute Gasteiger partial charge is 0.311 e. The maximum atomic E-state index is 12.6. The van der Waals surface area contributed by atoms with E-state index < -0.39 is 5.97 Å². The summed E-state index contributed by atoms with van der Waals surface area (Å²) >= 11 is 0. The highest BCUT2D eigenvalue weighted by Gasteiger charge is 2.32. The minimum absolute atomic E-state index is 0.160. The highest BCUT2D eigenvalue weighted by atomic mass is 16.5. The molecule has 2 N–H and O–H groups in total. The van der Waals surface area contributed by atoms with E-state index in [2.05, 4.69) is 5.32 Å². The minimum atomic E-state index is -1.04. The van der Waals surface area contributed by atoms with Crippen LogP contribution in [0.2, 0.25) is 0 Å². The maximum Gasteiger partial charge on any atom is 0.311 e. The number of aryl methyl sites for hydroxylation is 1. The summed E-state index contributed by atoms with van der Waals surface area (Å²) in [6, 6.07) is 9.57. The fraction of sp³-hybridized carbons (Fsp3) is 0.333. The molecule has 6 heteroatoms. The van der Waals surface area contributed by atoms with Crippen molar-refractivity contribution in [2.75, 3.05) is 6.61 Å². The van der Waals surface area contributed by atoms with Crippen LogP contribution < -0.4 is 5.32 Å². The van der Waals surface area contributed by atoms with Crippen LogP contribution in [0.25, 0.3) is 0 Å². The lowest BCUT2D eigenvalue weighted by Crippen LogP contribution is -2.37. The Labute approximate surface area is 139 Å². The molecule has 24 heavy (non-hydrogen) atoms. The van der Waals surface area contributed by atoms with E-state index in [4.69, 9.17) is 14.3 Å². The van der Waals surface area contributed by atoms with Gasteiger partial charge in [-0.15, -0.1) is 0 Å². The van der Waals surface area contributed by atoms with E-state index in [0.717, 1.165) is 5.56 Å². The number of hydrogen-bond donors (Lipinski definition) is 2. The number of ether oxygens (including phenoxy) is 1. The predicted molar refractivity (Wildman–Crippen MR) is 85.8 cm³/mol. The third-order valence-electron chi connectivity index (χ3n) is 4.13. The number of carboxylic acid groups (broad SMARTS) is 1. The molecule has 2 aromatic rings. The van der Waals surface area contributed by atoms with Crippen LogP contribution in [0.4, 0.5) is 0 Å². The Morgan fingerprint density at radius 1 is 1.29 bits per heavy atom. The minimum Gasteiger partial charge on any atom is -0.481 e. The Morgan fingerprint density at radius 2 is 2.04 bits per heavy atom. The summed E-state index contributed by atoms with van der Waals surface area (Å²) in [5, 5.41) is 11.9. The van der Waals surface area contributed by atoms with Gasteiger partial charge in [0.15, 0.2) is 0 Å². The third kappa shape index (κ3) is 3.33. The van der Waals surface area contributed by atoms with Gasteiger partial charge in [-0.25, -0.2) is 0 Å². The van der Waals surface area contributed by atoms with Crippen LogP contribution in [0.5, 0.6) is 0 Å². The molecule has 126 valence electrons. The van der Waals surface area contributed by atoms with Gasteiger partial charge in [0.1, 0.15) is 18.3 Å². The summed E-state index contributed by atoms with van der Waals surface area (Å²) in [7, 11) is 0. The zero-order valence-electron chi connectivity index (χ0n) is 13.3. The second-order valence-electron chi connectivity index (χ2n) is 5.86. The van der Waals surface area contributed by atoms with Gasteiger partial charge < -0.3 is 19.6 Å². The second kappa shape index (κ2) is 6.88. The third-order valence-corrected chi connectivity index (χ3v) is 4.13. The fourth-order valence-corrected chi connectivity index (χ4v) is 3.02. The normalized spacial score (nSPS) is 20.0. The lowest BCUT2D eigenvalue weighted by molar-refractivity contribution is -0.136. The topological polar surface area (TPSA) is 88.8 Å². The summed E-state index contributed by atoms with van der Waals surface area (Å²) in [4.78, 5) is 23.6. The van der Waals surface area contributed by atoms with E-state index in [0.29, 0.717) is 24.2 Å². The van der Waals surface area contributed by atoms with Crippen molar-refractivity contribution in [2.24, 2.45) is 0 Å². The molecule has 1 aliphatic heterocycles. The number of nitrogens with one attached hydrogen (secondary N) is 1. The molecule has 6 nitrogen and oxygen atoms in total. The van der Waals surface area contributed by atoms with Crippen LogP contribution in [0.3, 0.4) is 0 Å². The average molecular weight is 329 g/mol. The monoisotopic (exact) mass is 329 g/mol. The van der Waals surface area contributed by atoms with E-state index in [-0.39, 0.29) is 30.2 Å². The number of hydrogen-bond acceptors (Lipinski definition) is 4. The standard InChI is InChI=1S/C18H19NO5/c1-11-10-24-14(9-15(20)21)16(11)18(22)19-13-7-8-23-17(13)12-5-3-2-4-6-12/h2-6,10,13,17H,7-9H2,1H3,(H,19,22)(H,20,21). The Morgan fingerprint density at radius 3 is 2.75 bits per heavy atom. The number of carboxylic acids is 1. The maximum absolute atomic E-state index is 12.6. The van der Waals surface area contributed by atoms with Crippen molar-refractivity contribution in [3.05, 3.63) is 59.0 Å². The number of benzene rings is 1. The van der Waals surface area contributed by atoms with Crippen LogP contribution >= 0.6 is 0 Å². The molecule has 0 spiro atoms. The van der Waals surface area contributed by atoms with Gasteiger partial charge in [0.2, 0.25) is 0 Å². The SMILES string of the molecule is Cc1coc(CC(=O)O)c1C(=O)NC1CCOC1c1ccccc1. The number of aliphatic carboxylic acids is 1. The van der Waals surface area contributed by atoms with E-state index in [1.165, 1.54) is 6.26 Å². The molecule has 0 saturated carbocycles. The largest absolute Gasteiger partial charge is 0.481 e. The van der Waals surface area contributed by atoms with E-state index in [1.807, 2.05) is 30.3 Å². The molecule has 1 amide bonds. The highest BCUT2D eigenvalue weighted by molar-refractivity contribution is 5.97. The van der Waals surface area contributed by atoms with Crippen molar-refractivity contribution < 1.29 is 23.8 Å². The van der Waals surface area contributed by atoms with Crippen LogP contribution in [0, 0.1) is 6.92 Å².